The van der Waals surface area contributed by atoms with E-state index in [1.165, 1.54) is 0 Å². The highest BCUT2D eigenvalue weighted by atomic mass is 19.4. The van der Waals surface area contributed by atoms with Gasteiger partial charge in [0.15, 0.2) is 0 Å². The Labute approximate surface area is 107 Å². The van der Waals surface area contributed by atoms with Crippen molar-refractivity contribution in [2.45, 2.75) is 19.5 Å². The summed E-state index contributed by atoms with van der Waals surface area (Å²) in [6.45, 7) is 2.61. The van der Waals surface area contributed by atoms with Crippen molar-refractivity contribution in [2.24, 2.45) is 11.8 Å². The third-order valence-electron chi connectivity index (χ3n) is 3.35. The van der Waals surface area contributed by atoms with Crippen LogP contribution >= 0.6 is 0 Å². The summed E-state index contributed by atoms with van der Waals surface area (Å²) >= 11 is 0. The van der Waals surface area contributed by atoms with Crippen molar-refractivity contribution in [3.8, 4) is 0 Å². The van der Waals surface area contributed by atoms with Crippen molar-refractivity contribution in [1.82, 2.24) is 0 Å². The third kappa shape index (κ3) is 3.15. The van der Waals surface area contributed by atoms with Crippen LogP contribution in [0.2, 0.25) is 0 Å². The summed E-state index contributed by atoms with van der Waals surface area (Å²) in [6.07, 6.45) is -3.53. The fourth-order valence-electron chi connectivity index (χ4n) is 1.93. The second-order valence-corrected chi connectivity index (χ2v) is 4.84. The Balaban J connectivity index is 2.20. The molecule has 4 nitrogen and oxygen atoms in total. The molecule has 1 aliphatic carbocycles. The van der Waals surface area contributed by atoms with E-state index >= 15 is 0 Å². The number of nitrogens with zero attached hydrogens (tertiary/aromatic N) is 1. The lowest BCUT2D eigenvalue weighted by Gasteiger charge is -2.10. The second kappa shape index (κ2) is 4.71. The predicted octanol–water partition coefficient (Wildman–Crippen LogP) is 3.68. The van der Waals surface area contributed by atoms with Gasteiger partial charge in [-0.25, -0.2) is 0 Å². The van der Waals surface area contributed by atoms with Crippen molar-refractivity contribution in [3.63, 3.8) is 0 Å². The predicted molar refractivity (Wildman–Crippen MR) is 63.9 cm³/mol. The molecule has 0 saturated heterocycles. The van der Waals surface area contributed by atoms with Crippen LogP contribution in [-0.4, -0.2) is 11.5 Å². The number of nitrogens with one attached hydrogen (secondary N) is 1. The molecule has 1 saturated carbocycles. The zero-order chi connectivity index (χ0) is 14.2. The minimum atomic E-state index is -4.58. The smallest absolute Gasteiger partial charge is 0.379 e. The van der Waals surface area contributed by atoms with Gasteiger partial charge in [-0.2, -0.15) is 13.2 Å². The largest absolute Gasteiger partial charge is 0.416 e. The lowest BCUT2D eigenvalue weighted by atomic mass is 10.1. The maximum atomic E-state index is 12.5. The average Bonchev–Trinajstić information content (AvgIpc) is 3.01. The summed E-state index contributed by atoms with van der Waals surface area (Å²) < 4.78 is 37.5. The van der Waals surface area contributed by atoms with E-state index in [4.69, 9.17) is 0 Å². The Morgan fingerprint density at radius 1 is 1.47 bits per heavy atom. The molecule has 1 fully saturated rings. The Kier molecular flexibility index (Phi) is 3.38. The molecular weight excluding hydrogens is 261 g/mol. The first-order valence-electron chi connectivity index (χ1n) is 5.88. The van der Waals surface area contributed by atoms with Crippen molar-refractivity contribution >= 4 is 11.4 Å². The number of alkyl halides is 3. The van der Waals surface area contributed by atoms with Gasteiger partial charge in [-0.05, 0) is 30.4 Å². The number of hydrogen-bond acceptors (Lipinski definition) is 3. The molecule has 0 heterocycles. The molecule has 1 N–H and O–H groups in total. The zero-order valence-corrected chi connectivity index (χ0v) is 10.2. The van der Waals surface area contributed by atoms with Crippen LogP contribution in [0.4, 0.5) is 24.5 Å². The van der Waals surface area contributed by atoms with Crippen LogP contribution in [0.1, 0.15) is 18.9 Å². The molecule has 1 aliphatic rings. The van der Waals surface area contributed by atoms with E-state index in [0.717, 1.165) is 18.6 Å². The number of halogens is 3. The lowest BCUT2D eigenvalue weighted by Crippen LogP contribution is -2.09. The number of nitro benzene ring substituents is 1. The number of anilines is 1. The highest BCUT2D eigenvalue weighted by molar-refractivity contribution is 5.63. The maximum Gasteiger partial charge on any atom is 0.416 e. The second-order valence-electron chi connectivity index (χ2n) is 4.84. The summed E-state index contributed by atoms with van der Waals surface area (Å²) in [4.78, 5) is 10.0. The van der Waals surface area contributed by atoms with Gasteiger partial charge in [0.1, 0.15) is 5.69 Å². The van der Waals surface area contributed by atoms with E-state index in [2.05, 4.69) is 12.2 Å². The summed E-state index contributed by atoms with van der Waals surface area (Å²) in [5.74, 6) is 1.02. The van der Waals surface area contributed by atoms with Gasteiger partial charge < -0.3 is 5.32 Å². The zero-order valence-electron chi connectivity index (χ0n) is 10.2. The lowest BCUT2D eigenvalue weighted by molar-refractivity contribution is -0.384. The molecule has 1 aromatic carbocycles. The quantitative estimate of drug-likeness (QED) is 0.673. The SMILES string of the molecule is CC1CC1CNc1ccc(C(F)(F)F)cc1[N+](=O)[O-]. The molecule has 0 bridgehead atoms. The summed E-state index contributed by atoms with van der Waals surface area (Å²) in [5.41, 5.74) is -1.41. The fraction of sp³-hybridized carbons (Fsp3) is 0.500. The monoisotopic (exact) mass is 274 g/mol. The van der Waals surface area contributed by atoms with E-state index in [1.54, 1.807) is 0 Å². The summed E-state index contributed by atoms with van der Waals surface area (Å²) in [6, 6.07) is 2.54. The van der Waals surface area contributed by atoms with E-state index in [9.17, 15) is 23.3 Å². The summed E-state index contributed by atoms with van der Waals surface area (Å²) in [7, 11) is 0. The van der Waals surface area contributed by atoms with E-state index in [1.807, 2.05) is 0 Å². The van der Waals surface area contributed by atoms with E-state index in [0.29, 0.717) is 24.4 Å². The van der Waals surface area contributed by atoms with Gasteiger partial charge in [0.25, 0.3) is 5.69 Å². The first kappa shape index (κ1) is 13.6. The first-order valence-corrected chi connectivity index (χ1v) is 5.88. The van der Waals surface area contributed by atoms with E-state index < -0.39 is 22.4 Å². The molecule has 0 spiro atoms. The number of rotatable bonds is 4. The number of benzene rings is 1. The van der Waals surface area contributed by atoms with E-state index in [-0.39, 0.29) is 5.69 Å². The van der Waals surface area contributed by atoms with Crippen LogP contribution in [0.3, 0.4) is 0 Å². The van der Waals surface area contributed by atoms with Crippen LogP contribution in [0.5, 0.6) is 0 Å². The van der Waals surface area contributed by atoms with Gasteiger partial charge in [0, 0.05) is 12.6 Å². The Morgan fingerprint density at radius 2 is 2.11 bits per heavy atom. The van der Waals surface area contributed by atoms with Crippen molar-refractivity contribution < 1.29 is 18.1 Å². The summed E-state index contributed by atoms with van der Waals surface area (Å²) in [5, 5.41) is 13.7. The molecule has 0 radical (unpaired) electrons. The van der Waals surface area contributed by atoms with Crippen LogP contribution in [0, 0.1) is 22.0 Å². The molecule has 2 rings (SSSR count). The maximum absolute atomic E-state index is 12.5. The topological polar surface area (TPSA) is 55.2 Å². The third-order valence-corrected chi connectivity index (χ3v) is 3.35. The van der Waals surface area contributed by atoms with Gasteiger partial charge in [0.2, 0.25) is 0 Å². The minimum absolute atomic E-state index is 0.136. The van der Waals surface area contributed by atoms with Gasteiger partial charge in [-0.1, -0.05) is 6.92 Å². The molecule has 2 atom stereocenters. The molecule has 7 heteroatoms. The Bertz CT molecular complexity index is 502. The molecular formula is C12H13F3N2O2. The molecule has 0 aliphatic heterocycles. The number of hydrogen-bond donors (Lipinski definition) is 1. The average molecular weight is 274 g/mol. The van der Waals surface area contributed by atoms with Crippen LogP contribution in [-0.2, 0) is 6.18 Å². The van der Waals surface area contributed by atoms with Crippen LogP contribution < -0.4 is 5.32 Å². The Morgan fingerprint density at radius 3 is 2.58 bits per heavy atom. The van der Waals surface area contributed by atoms with Gasteiger partial charge >= 0.3 is 6.18 Å². The molecule has 2 unspecified atom stereocenters. The fourth-order valence-corrected chi connectivity index (χ4v) is 1.93. The van der Waals surface area contributed by atoms with Crippen LogP contribution in [0.15, 0.2) is 18.2 Å². The van der Waals surface area contributed by atoms with Crippen molar-refractivity contribution in [1.29, 1.82) is 0 Å². The first-order chi connectivity index (χ1) is 8.79. The van der Waals surface area contributed by atoms with Crippen molar-refractivity contribution in [2.75, 3.05) is 11.9 Å². The molecule has 19 heavy (non-hydrogen) atoms. The molecule has 0 aromatic heterocycles. The van der Waals surface area contributed by atoms with Crippen LogP contribution in [0.25, 0.3) is 0 Å². The van der Waals surface area contributed by atoms with Gasteiger partial charge in [-0.15, -0.1) is 0 Å². The molecule has 104 valence electrons. The van der Waals surface area contributed by atoms with Crippen molar-refractivity contribution in [3.05, 3.63) is 33.9 Å². The molecule has 1 aromatic rings. The normalized spacial score (nSPS) is 22.1. The molecule has 0 amide bonds. The highest BCUT2D eigenvalue weighted by Gasteiger charge is 2.34. The standard InChI is InChI=1S/C12H13F3N2O2/c1-7-4-8(7)6-16-10-3-2-9(12(13,14)15)5-11(10)17(18)19/h2-3,5,7-8,16H,4,6H2,1H3. The van der Waals surface area contributed by atoms with Gasteiger partial charge in [0.05, 0.1) is 10.5 Å². The highest BCUT2D eigenvalue weighted by Crippen LogP contribution is 2.39. The number of nitro groups is 1. The van der Waals surface area contributed by atoms with Gasteiger partial charge in [-0.3, -0.25) is 10.1 Å². The minimum Gasteiger partial charge on any atom is -0.379 e. The Hall–Kier alpha value is -1.79.